The summed E-state index contributed by atoms with van der Waals surface area (Å²) >= 11 is 0. The van der Waals surface area contributed by atoms with E-state index in [2.05, 4.69) is 35.1 Å². The molecule has 4 amide bonds. The van der Waals surface area contributed by atoms with Crippen molar-refractivity contribution >= 4 is 29.4 Å². The van der Waals surface area contributed by atoms with Gasteiger partial charge in [0.2, 0.25) is 23.5 Å². The van der Waals surface area contributed by atoms with Crippen molar-refractivity contribution in [2.24, 2.45) is 11.8 Å². The van der Waals surface area contributed by atoms with Gasteiger partial charge < -0.3 is 21.3 Å². The summed E-state index contributed by atoms with van der Waals surface area (Å²) in [5, 5.41) is 10.4. The maximum Gasteiger partial charge on any atom is 0.290 e. The van der Waals surface area contributed by atoms with Crippen molar-refractivity contribution in [3.8, 4) is 0 Å². The topological polar surface area (TPSA) is 133 Å². The normalized spacial score (nSPS) is 25.1. The number of rotatable bonds is 8. The van der Waals surface area contributed by atoms with Crippen molar-refractivity contribution in [1.29, 1.82) is 0 Å². The van der Waals surface area contributed by atoms with Crippen molar-refractivity contribution in [3.05, 3.63) is 12.2 Å². The first-order valence-corrected chi connectivity index (χ1v) is 12.0. The van der Waals surface area contributed by atoms with Crippen LogP contribution in [0.15, 0.2) is 12.2 Å². The van der Waals surface area contributed by atoms with Crippen molar-refractivity contribution in [2.45, 2.75) is 91.3 Å². The van der Waals surface area contributed by atoms with E-state index < -0.39 is 41.6 Å². The largest absolute Gasteiger partial charge is 0.354 e. The minimum absolute atomic E-state index is 0.170. The van der Waals surface area contributed by atoms with Crippen LogP contribution in [-0.4, -0.2) is 54.1 Å². The van der Waals surface area contributed by atoms with Gasteiger partial charge in [0.15, 0.2) is 0 Å². The third-order valence-corrected chi connectivity index (χ3v) is 6.15. The summed E-state index contributed by atoms with van der Waals surface area (Å²) in [6.45, 7) is 9.66. The molecule has 0 bridgehead atoms. The van der Waals surface area contributed by atoms with Gasteiger partial charge in [-0.2, -0.15) is 0 Å². The first-order valence-electron chi connectivity index (χ1n) is 12.0. The second-order valence-electron chi connectivity index (χ2n) is 8.92. The molecule has 0 saturated carbocycles. The van der Waals surface area contributed by atoms with Crippen LogP contribution in [0.25, 0.3) is 0 Å². The second kappa shape index (κ2) is 14.4. The van der Waals surface area contributed by atoms with E-state index >= 15 is 0 Å². The number of allylic oxidation sites excluding steroid dienone is 1. The minimum Gasteiger partial charge on any atom is -0.354 e. The highest BCUT2D eigenvalue weighted by Gasteiger charge is 2.32. The summed E-state index contributed by atoms with van der Waals surface area (Å²) in [6, 6.07) is -2.83. The maximum atomic E-state index is 12.7. The van der Waals surface area contributed by atoms with E-state index in [0.717, 1.165) is 19.3 Å². The summed E-state index contributed by atoms with van der Waals surface area (Å²) in [5.74, 6) is -2.69. The Morgan fingerprint density at radius 1 is 1.09 bits per heavy atom. The third-order valence-electron chi connectivity index (χ3n) is 6.15. The SMILES string of the molecule is CC[C@@H](C)CC/C=C/C(=O)N[C@H]1CCCNC(=O)[C@H]([C@@H](C)CC)NC(=O)C(=O)[C@H](C)NC1=O. The van der Waals surface area contributed by atoms with Gasteiger partial charge in [0.25, 0.3) is 5.91 Å². The molecule has 1 fully saturated rings. The van der Waals surface area contributed by atoms with Gasteiger partial charge in [-0.25, -0.2) is 0 Å². The lowest BCUT2D eigenvalue weighted by atomic mass is 9.97. The van der Waals surface area contributed by atoms with Gasteiger partial charge in [-0.15, -0.1) is 0 Å². The number of Topliss-reactive ketones (excluding diaryl/α,β-unsaturated/α-hetero) is 1. The molecule has 0 aromatic heterocycles. The van der Waals surface area contributed by atoms with Gasteiger partial charge in [0.05, 0.1) is 6.04 Å². The molecule has 0 aromatic carbocycles. The molecular weight excluding hydrogens is 424 g/mol. The zero-order valence-corrected chi connectivity index (χ0v) is 20.5. The molecule has 0 aliphatic carbocycles. The van der Waals surface area contributed by atoms with Crippen LogP contribution in [0.2, 0.25) is 0 Å². The van der Waals surface area contributed by atoms with E-state index in [9.17, 15) is 24.0 Å². The van der Waals surface area contributed by atoms with Crippen LogP contribution in [0.3, 0.4) is 0 Å². The Morgan fingerprint density at radius 3 is 2.42 bits per heavy atom. The number of hydrogen-bond donors (Lipinski definition) is 4. The highest BCUT2D eigenvalue weighted by atomic mass is 16.2. The molecule has 9 nitrogen and oxygen atoms in total. The average molecular weight is 465 g/mol. The molecule has 1 heterocycles. The number of carbonyl (C=O) groups is 5. The lowest BCUT2D eigenvalue weighted by Gasteiger charge is -2.23. The van der Waals surface area contributed by atoms with E-state index in [0.29, 0.717) is 18.8 Å². The maximum absolute atomic E-state index is 12.7. The Balaban J connectivity index is 2.89. The standard InChI is InChI=1S/C24H40N4O5/c1-6-15(3)11-8-9-13-19(29)27-18-12-10-14-25-23(32)20(16(4)7-2)28-24(33)21(30)17(5)26-22(18)31/h9,13,15-18,20H,6-8,10-12,14H2,1-5H3,(H,25,32)(H,26,31)(H,27,29)(H,28,33)/b13-9+/t15-,16+,17+,18+,20+/m1/s1. The molecule has 1 aliphatic rings. The monoisotopic (exact) mass is 464 g/mol. The number of hydrogen-bond acceptors (Lipinski definition) is 5. The molecule has 5 atom stereocenters. The van der Waals surface area contributed by atoms with Crippen LogP contribution in [0, 0.1) is 11.8 Å². The fourth-order valence-corrected chi connectivity index (χ4v) is 3.38. The van der Waals surface area contributed by atoms with Gasteiger partial charge in [0, 0.05) is 6.54 Å². The smallest absolute Gasteiger partial charge is 0.290 e. The second-order valence-corrected chi connectivity index (χ2v) is 8.92. The molecule has 33 heavy (non-hydrogen) atoms. The van der Waals surface area contributed by atoms with Crippen LogP contribution >= 0.6 is 0 Å². The molecule has 0 aromatic rings. The Kier molecular flexibility index (Phi) is 12.4. The Labute approximate surface area is 196 Å². The summed E-state index contributed by atoms with van der Waals surface area (Å²) in [4.78, 5) is 62.5. The molecule has 9 heteroatoms. The van der Waals surface area contributed by atoms with Gasteiger partial charge >= 0.3 is 0 Å². The van der Waals surface area contributed by atoms with Crippen molar-refractivity contribution in [3.63, 3.8) is 0 Å². The summed E-state index contributed by atoms with van der Waals surface area (Å²) in [7, 11) is 0. The molecule has 1 saturated heterocycles. The predicted octanol–water partition coefficient (Wildman–Crippen LogP) is 1.37. The number of nitrogens with one attached hydrogen (secondary N) is 4. The first-order chi connectivity index (χ1) is 15.6. The molecule has 0 unspecified atom stereocenters. The van der Waals surface area contributed by atoms with Crippen LogP contribution in [0.4, 0.5) is 0 Å². The molecule has 0 spiro atoms. The van der Waals surface area contributed by atoms with Crippen LogP contribution in [-0.2, 0) is 24.0 Å². The van der Waals surface area contributed by atoms with Gasteiger partial charge in [0.1, 0.15) is 12.1 Å². The number of amides is 4. The summed E-state index contributed by atoms with van der Waals surface area (Å²) < 4.78 is 0. The van der Waals surface area contributed by atoms with Gasteiger partial charge in [-0.1, -0.05) is 46.6 Å². The lowest BCUT2D eigenvalue weighted by molar-refractivity contribution is -0.141. The fourth-order valence-electron chi connectivity index (χ4n) is 3.38. The fraction of sp³-hybridized carbons (Fsp3) is 0.708. The Bertz CT molecular complexity index is 736. The van der Waals surface area contributed by atoms with Crippen LogP contribution in [0.1, 0.15) is 73.1 Å². The quantitative estimate of drug-likeness (QED) is 0.318. The predicted molar refractivity (Wildman–Crippen MR) is 126 cm³/mol. The average Bonchev–Trinajstić information content (AvgIpc) is 2.80. The highest BCUT2D eigenvalue weighted by molar-refractivity contribution is 6.38. The number of ketones is 1. The molecule has 1 aliphatic heterocycles. The van der Waals surface area contributed by atoms with Crippen molar-refractivity contribution in [2.75, 3.05) is 6.54 Å². The van der Waals surface area contributed by atoms with Gasteiger partial charge in [-0.3, -0.25) is 24.0 Å². The Morgan fingerprint density at radius 2 is 1.79 bits per heavy atom. The molecule has 4 N–H and O–H groups in total. The van der Waals surface area contributed by atoms with E-state index in [1.165, 1.54) is 13.0 Å². The van der Waals surface area contributed by atoms with E-state index in [-0.39, 0.29) is 24.8 Å². The zero-order valence-electron chi connectivity index (χ0n) is 20.5. The van der Waals surface area contributed by atoms with E-state index in [1.54, 1.807) is 6.08 Å². The van der Waals surface area contributed by atoms with E-state index in [4.69, 9.17) is 0 Å². The highest BCUT2D eigenvalue weighted by Crippen LogP contribution is 2.10. The lowest BCUT2D eigenvalue weighted by Crippen LogP contribution is -2.55. The van der Waals surface area contributed by atoms with Crippen LogP contribution in [0.5, 0.6) is 0 Å². The Hall–Kier alpha value is -2.71. The van der Waals surface area contributed by atoms with Crippen LogP contribution < -0.4 is 21.3 Å². The van der Waals surface area contributed by atoms with Crippen molar-refractivity contribution < 1.29 is 24.0 Å². The number of carbonyl (C=O) groups excluding carboxylic acids is 5. The molecule has 1 rings (SSSR count). The summed E-state index contributed by atoms with van der Waals surface area (Å²) in [5.41, 5.74) is 0. The van der Waals surface area contributed by atoms with Gasteiger partial charge in [-0.05, 0) is 50.5 Å². The molecular formula is C24H40N4O5. The summed E-state index contributed by atoms with van der Waals surface area (Å²) in [6.07, 6.45) is 7.36. The molecule has 0 radical (unpaired) electrons. The molecule has 186 valence electrons. The van der Waals surface area contributed by atoms with Crippen molar-refractivity contribution in [1.82, 2.24) is 21.3 Å². The third kappa shape index (κ3) is 9.75. The first kappa shape index (κ1) is 28.3. The van der Waals surface area contributed by atoms with E-state index in [1.807, 2.05) is 13.8 Å². The zero-order chi connectivity index (χ0) is 25.0. The minimum atomic E-state index is -1.09.